The molecule has 0 aliphatic heterocycles. The van der Waals surface area contributed by atoms with E-state index in [0.29, 0.717) is 0 Å². The van der Waals surface area contributed by atoms with Crippen molar-refractivity contribution in [3.8, 4) is 33.8 Å². The van der Waals surface area contributed by atoms with Crippen LogP contribution in [0.5, 0.6) is 11.5 Å². The zero-order valence-corrected chi connectivity index (χ0v) is 32.3. The first kappa shape index (κ1) is 34.7. The maximum atomic E-state index is 5.78. The maximum absolute atomic E-state index is 5.78. The van der Waals surface area contributed by atoms with Gasteiger partial charge in [-0.3, -0.25) is 0 Å². The van der Waals surface area contributed by atoms with Crippen LogP contribution in [0.15, 0.2) is 140 Å². The third-order valence-corrected chi connectivity index (χ3v) is 11.8. The number of hydrogen-bond donors (Lipinski definition) is 0. The summed E-state index contributed by atoms with van der Waals surface area (Å²) in [5.74, 6) is 1.69. The fourth-order valence-electron chi connectivity index (χ4n) is 9.06. The van der Waals surface area contributed by atoms with Crippen molar-refractivity contribution in [2.75, 3.05) is 14.2 Å². The van der Waals surface area contributed by atoms with Crippen LogP contribution in [0.3, 0.4) is 0 Å². The van der Waals surface area contributed by atoms with Gasteiger partial charge in [0.25, 0.3) is 0 Å². The average molecular weight is 695 g/mol. The summed E-state index contributed by atoms with van der Waals surface area (Å²) in [6.07, 6.45) is 4.88. The van der Waals surface area contributed by atoms with E-state index in [1.165, 1.54) is 66.8 Å². The molecular formula is C51H50O2. The smallest absolute Gasteiger partial charge is 0.118 e. The van der Waals surface area contributed by atoms with Crippen LogP contribution < -0.4 is 9.47 Å². The van der Waals surface area contributed by atoms with Gasteiger partial charge in [0.15, 0.2) is 0 Å². The molecule has 0 N–H and O–H groups in total. The Labute approximate surface area is 316 Å². The summed E-state index contributed by atoms with van der Waals surface area (Å²) in [7, 11) is 3.50. The van der Waals surface area contributed by atoms with E-state index in [4.69, 9.17) is 9.47 Å². The molecular weight excluding hydrogens is 645 g/mol. The SMILES string of the molecule is COc1ccc(C(c2ccc(OC)cc2)(C2C=Cc3c(-c4ccccc4)cccc32)C2c3cc(C(C)(C)C)ccc3-c3ccc(C(C)(C)C)cc32)cc1. The molecule has 8 rings (SSSR count). The average Bonchev–Trinajstić information content (AvgIpc) is 3.75. The molecule has 6 aromatic rings. The summed E-state index contributed by atoms with van der Waals surface area (Å²) in [5, 5.41) is 0. The van der Waals surface area contributed by atoms with Gasteiger partial charge in [0.05, 0.1) is 14.2 Å². The normalized spacial score (nSPS) is 15.2. The molecule has 0 aromatic heterocycles. The summed E-state index contributed by atoms with van der Waals surface area (Å²) in [6.45, 7) is 13.9. The molecule has 1 atom stereocenters. The fourth-order valence-corrected chi connectivity index (χ4v) is 9.06. The van der Waals surface area contributed by atoms with Gasteiger partial charge in [-0.15, -0.1) is 0 Å². The Kier molecular flexibility index (Phi) is 8.49. The van der Waals surface area contributed by atoms with Gasteiger partial charge >= 0.3 is 0 Å². The van der Waals surface area contributed by atoms with Crippen molar-refractivity contribution in [1.82, 2.24) is 0 Å². The number of rotatable bonds is 7. The topological polar surface area (TPSA) is 18.5 Å². The van der Waals surface area contributed by atoms with Crippen LogP contribution in [0.2, 0.25) is 0 Å². The quantitative estimate of drug-likeness (QED) is 0.166. The largest absolute Gasteiger partial charge is 0.497 e. The molecule has 0 amide bonds. The lowest BCUT2D eigenvalue weighted by molar-refractivity contribution is 0.402. The molecule has 0 radical (unpaired) electrons. The van der Waals surface area contributed by atoms with Crippen molar-refractivity contribution in [2.45, 2.75) is 69.6 Å². The predicted octanol–water partition coefficient (Wildman–Crippen LogP) is 12.9. The second kappa shape index (κ2) is 13.0. The first-order valence-electron chi connectivity index (χ1n) is 18.9. The molecule has 2 aliphatic carbocycles. The van der Waals surface area contributed by atoms with Crippen molar-refractivity contribution in [1.29, 1.82) is 0 Å². The van der Waals surface area contributed by atoms with Gasteiger partial charge in [0.1, 0.15) is 11.5 Å². The van der Waals surface area contributed by atoms with E-state index < -0.39 is 5.41 Å². The van der Waals surface area contributed by atoms with Crippen LogP contribution >= 0.6 is 0 Å². The third kappa shape index (κ3) is 5.71. The zero-order chi connectivity index (χ0) is 37.1. The summed E-state index contributed by atoms with van der Waals surface area (Å²) < 4.78 is 11.6. The molecule has 0 fully saturated rings. The van der Waals surface area contributed by atoms with Gasteiger partial charge < -0.3 is 9.47 Å². The highest BCUT2D eigenvalue weighted by atomic mass is 16.5. The molecule has 266 valence electrons. The maximum Gasteiger partial charge on any atom is 0.118 e. The number of ether oxygens (including phenoxy) is 2. The number of fused-ring (bicyclic) bond motifs is 4. The summed E-state index contributed by atoms with van der Waals surface area (Å²) >= 11 is 0. The highest BCUT2D eigenvalue weighted by molar-refractivity contribution is 5.85. The Morgan fingerprint density at radius 1 is 0.453 bits per heavy atom. The van der Waals surface area contributed by atoms with Gasteiger partial charge in [-0.25, -0.2) is 0 Å². The molecule has 2 heteroatoms. The molecule has 1 unspecified atom stereocenters. The van der Waals surface area contributed by atoms with Crippen LogP contribution in [-0.2, 0) is 16.2 Å². The van der Waals surface area contributed by atoms with Crippen LogP contribution in [0.4, 0.5) is 0 Å². The van der Waals surface area contributed by atoms with E-state index in [9.17, 15) is 0 Å². The van der Waals surface area contributed by atoms with E-state index in [1.54, 1.807) is 14.2 Å². The van der Waals surface area contributed by atoms with Crippen molar-refractivity contribution in [3.05, 3.63) is 184 Å². The van der Waals surface area contributed by atoms with E-state index in [-0.39, 0.29) is 22.7 Å². The lowest BCUT2D eigenvalue weighted by atomic mass is 9.55. The molecule has 53 heavy (non-hydrogen) atoms. The van der Waals surface area contributed by atoms with Crippen molar-refractivity contribution < 1.29 is 9.47 Å². The lowest BCUT2D eigenvalue weighted by Gasteiger charge is -2.46. The third-order valence-electron chi connectivity index (χ3n) is 11.8. The minimum Gasteiger partial charge on any atom is -0.497 e. The molecule has 2 aliphatic rings. The van der Waals surface area contributed by atoms with Gasteiger partial charge in [-0.1, -0.05) is 163 Å². The number of benzene rings is 6. The Morgan fingerprint density at radius 3 is 1.42 bits per heavy atom. The number of allylic oxidation sites excluding steroid dienone is 1. The zero-order valence-electron chi connectivity index (χ0n) is 32.3. The minimum atomic E-state index is -0.567. The second-order valence-electron chi connectivity index (χ2n) is 16.9. The summed E-state index contributed by atoms with van der Waals surface area (Å²) in [6, 6.07) is 50.1. The van der Waals surface area contributed by atoms with E-state index in [1.807, 2.05) is 0 Å². The van der Waals surface area contributed by atoms with Crippen LogP contribution in [-0.4, -0.2) is 14.2 Å². The molecule has 0 spiro atoms. The number of methoxy groups -OCH3 is 2. The van der Waals surface area contributed by atoms with Crippen molar-refractivity contribution in [3.63, 3.8) is 0 Å². The van der Waals surface area contributed by atoms with E-state index in [2.05, 4.69) is 187 Å². The Hall–Kier alpha value is -5.34. The summed E-state index contributed by atoms with van der Waals surface area (Å²) in [4.78, 5) is 0. The van der Waals surface area contributed by atoms with Crippen LogP contribution in [0, 0.1) is 0 Å². The standard InChI is InChI=1S/C51H50O2/c1-49(2,3)36-21-27-42-43-28-22-37(50(4,5)6)32-46(43)48(45(42)31-36)51(34-17-23-38(52-7)24-18-34,35-19-25-39(53-8)26-20-35)47-30-29-41-40(15-12-16-44(41)47)33-13-10-9-11-14-33/h9-32,47-48H,1-8H3. The van der Waals surface area contributed by atoms with Crippen molar-refractivity contribution in [2.24, 2.45) is 0 Å². The van der Waals surface area contributed by atoms with Crippen LogP contribution in [0.25, 0.3) is 28.3 Å². The van der Waals surface area contributed by atoms with Gasteiger partial charge in [0.2, 0.25) is 0 Å². The highest BCUT2D eigenvalue weighted by Crippen LogP contribution is 2.64. The molecule has 2 nitrogen and oxygen atoms in total. The fraction of sp³-hybridized carbons (Fsp3) is 0.255. The lowest BCUT2D eigenvalue weighted by Crippen LogP contribution is -2.40. The van der Waals surface area contributed by atoms with Crippen LogP contribution in [0.1, 0.15) is 97.9 Å². The predicted molar refractivity (Wildman–Crippen MR) is 222 cm³/mol. The number of hydrogen-bond acceptors (Lipinski definition) is 2. The summed E-state index contributed by atoms with van der Waals surface area (Å²) in [5.41, 5.74) is 15.1. The molecule has 0 saturated carbocycles. The molecule has 6 aromatic carbocycles. The van der Waals surface area contributed by atoms with Crippen molar-refractivity contribution >= 4 is 6.08 Å². The van der Waals surface area contributed by atoms with E-state index >= 15 is 0 Å². The van der Waals surface area contributed by atoms with Gasteiger partial charge in [-0.05, 0) is 102 Å². The first-order chi connectivity index (χ1) is 25.4. The van der Waals surface area contributed by atoms with E-state index in [0.717, 1.165) is 11.5 Å². The minimum absolute atomic E-state index is 0.00309. The molecule has 0 saturated heterocycles. The Balaban J connectivity index is 1.52. The second-order valence-corrected chi connectivity index (χ2v) is 16.9. The monoisotopic (exact) mass is 694 g/mol. The molecule has 0 bridgehead atoms. The van der Waals surface area contributed by atoms with Gasteiger partial charge in [0, 0.05) is 17.3 Å². The van der Waals surface area contributed by atoms with Gasteiger partial charge in [-0.2, -0.15) is 0 Å². The Bertz CT molecular complexity index is 2200. The highest BCUT2D eigenvalue weighted by Gasteiger charge is 2.54. The molecule has 0 heterocycles. The Morgan fingerprint density at radius 2 is 0.943 bits per heavy atom. The first-order valence-corrected chi connectivity index (χ1v) is 18.9.